The summed E-state index contributed by atoms with van der Waals surface area (Å²) >= 11 is 0. The number of carbonyl (C=O) groups is 1. The smallest absolute Gasteiger partial charge is 0.152 e. The van der Waals surface area contributed by atoms with Crippen LogP contribution in [0.15, 0.2) is 0 Å². The van der Waals surface area contributed by atoms with Crippen LogP contribution in [0.3, 0.4) is 0 Å². The summed E-state index contributed by atoms with van der Waals surface area (Å²) in [6, 6.07) is 0. The Labute approximate surface area is 74.1 Å². The van der Waals surface area contributed by atoms with Crippen LogP contribution >= 0.6 is 0 Å². The third-order valence-electron chi connectivity index (χ3n) is 2.05. The van der Waals surface area contributed by atoms with Crippen LogP contribution in [0.1, 0.15) is 27.2 Å². The minimum Gasteiger partial charge on any atom is -0.303 e. The summed E-state index contributed by atoms with van der Waals surface area (Å²) in [5, 5.41) is 0. The summed E-state index contributed by atoms with van der Waals surface area (Å²) in [5.41, 5.74) is 0. The average molecular weight is 192 g/mol. The van der Waals surface area contributed by atoms with Gasteiger partial charge in [0.1, 0.15) is 6.29 Å². The average Bonchev–Trinajstić information content (AvgIpc) is 1.84. The molecule has 0 saturated carbocycles. The van der Waals surface area contributed by atoms with Crippen molar-refractivity contribution in [3.63, 3.8) is 0 Å². The van der Waals surface area contributed by atoms with E-state index in [-0.39, 0.29) is 5.92 Å². The van der Waals surface area contributed by atoms with E-state index in [0.29, 0.717) is 6.42 Å². The van der Waals surface area contributed by atoms with E-state index in [1.54, 1.807) is 20.8 Å². The molecule has 0 heterocycles. The Bertz CT molecular complexity index is 251. The van der Waals surface area contributed by atoms with E-state index < -0.39 is 14.6 Å². The quantitative estimate of drug-likeness (QED) is 0.625. The van der Waals surface area contributed by atoms with Gasteiger partial charge in [0.2, 0.25) is 0 Å². The van der Waals surface area contributed by atoms with E-state index in [4.69, 9.17) is 0 Å². The minimum atomic E-state index is -3.07. The number of rotatable bonds is 4. The Kier molecular flexibility index (Phi) is 3.45. The zero-order valence-electron chi connectivity index (χ0n) is 7.99. The van der Waals surface area contributed by atoms with Gasteiger partial charge < -0.3 is 4.79 Å². The van der Waals surface area contributed by atoms with E-state index in [0.717, 1.165) is 6.29 Å². The molecule has 0 radical (unpaired) electrons. The third-order valence-corrected chi connectivity index (χ3v) is 4.22. The molecule has 0 fully saturated rings. The summed E-state index contributed by atoms with van der Waals surface area (Å²) in [7, 11) is -3.07. The van der Waals surface area contributed by atoms with Gasteiger partial charge in [-0.3, -0.25) is 0 Å². The highest BCUT2D eigenvalue weighted by molar-refractivity contribution is 7.92. The van der Waals surface area contributed by atoms with Gasteiger partial charge in [-0.2, -0.15) is 0 Å². The summed E-state index contributed by atoms with van der Waals surface area (Å²) in [5.74, 6) is -0.199. The highest BCUT2D eigenvalue weighted by atomic mass is 32.2. The molecule has 0 aromatic rings. The maximum Gasteiger partial charge on any atom is 0.152 e. The van der Waals surface area contributed by atoms with Crippen LogP contribution in [0.4, 0.5) is 0 Å². The molecule has 72 valence electrons. The lowest BCUT2D eigenvalue weighted by atomic mass is 10.00. The molecular formula is C8H16O3S. The number of aldehydes is 1. The standard InChI is InChI=1S/C8H16O3S/c1-7(6-9)5-8(2,3)12(4,10)11/h6-7H,5H2,1-4H3. The normalized spacial score (nSPS) is 15.7. The van der Waals surface area contributed by atoms with E-state index in [9.17, 15) is 13.2 Å². The van der Waals surface area contributed by atoms with Crippen LogP contribution in [0.2, 0.25) is 0 Å². The monoisotopic (exact) mass is 192 g/mol. The first-order valence-electron chi connectivity index (χ1n) is 3.85. The molecule has 0 N–H and O–H groups in total. The van der Waals surface area contributed by atoms with Crippen molar-refractivity contribution in [2.45, 2.75) is 31.9 Å². The second-order valence-electron chi connectivity index (χ2n) is 3.85. The van der Waals surface area contributed by atoms with Gasteiger partial charge in [-0.15, -0.1) is 0 Å². The molecule has 0 aliphatic carbocycles. The lowest BCUT2D eigenvalue weighted by molar-refractivity contribution is -0.110. The van der Waals surface area contributed by atoms with Gasteiger partial charge in [0.25, 0.3) is 0 Å². The largest absolute Gasteiger partial charge is 0.303 e. The fourth-order valence-electron chi connectivity index (χ4n) is 0.975. The zero-order valence-corrected chi connectivity index (χ0v) is 8.81. The van der Waals surface area contributed by atoms with Crippen molar-refractivity contribution < 1.29 is 13.2 Å². The molecule has 12 heavy (non-hydrogen) atoms. The minimum absolute atomic E-state index is 0.199. The topological polar surface area (TPSA) is 51.2 Å². The van der Waals surface area contributed by atoms with Crippen molar-refractivity contribution in [1.82, 2.24) is 0 Å². The van der Waals surface area contributed by atoms with Gasteiger partial charge in [0.05, 0.1) is 4.75 Å². The summed E-state index contributed by atoms with van der Waals surface area (Å²) in [4.78, 5) is 10.3. The van der Waals surface area contributed by atoms with Gasteiger partial charge in [-0.25, -0.2) is 8.42 Å². The Balaban J connectivity index is 4.55. The first kappa shape index (κ1) is 11.6. The van der Waals surface area contributed by atoms with Gasteiger partial charge in [0.15, 0.2) is 9.84 Å². The Morgan fingerprint density at radius 3 is 2.08 bits per heavy atom. The number of hydrogen-bond donors (Lipinski definition) is 0. The molecule has 0 aromatic heterocycles. The molecule has 0 aliphatic heterocycles. The predicted octanol–water partition coefficient (Wildman–Crippen LogP) is 1.03. The molecule has 0 rings (SSSR count). The maximum atomic E-state index is 11.2. The van der Waals surface area contributed by atoms with E-state index in [1.165, 1.54) is 6.26 Å². The van der Waals surface area contributed by atoms with Crippen LogP contribution in [0.5, 0.6) is 0 Å². The first-order valence-corrected chi connectivity index (χ1v) is 5.75. The molecule has 0 aromatic carbocycles. The second-order valence-corrected chi connectivity index (χ2v) is 6.50. The number of hydrogen-bond acceptors (Lipinski definition) is 3. The van der Waals surface area contributed by atoms with Crippen LogP contribution < -0.4 is 0 Å². The molecule has 0 spiro atoms. The van der Waals surface area contributed by atoms with E-state index in [1.807, 2.05) is 0 Å². The Hall–Kier alpha value is -0.380. The van der Waals surface area contributed by atoms with Gasteiger partial charge in [-0.05, 0) is 20.3 Å². The van der Waals surface area contributed by atoms with Crippen LogP contribution in [0.25, 0.3) is 0 Å². The second kappa shape index (κ2) is 3.56. The van der Waals surface area contributed by atoms with Crippen LogP contribution in [-0.4, -0.2) is 25.7 Å². The molecule has 1 atom stereocenters. The zero-order chi connectivity index (χ0) is 9.99. The van der Waals surface area contributed by atoms with Gasteiger partial charge in [0, 0.05) is 12.2 Å². The van der Waals surface area contributed by atoms with Crippen molar-refractivity contribution in [2.24, 2.45) is 5.92 Å². The molecule has 1 unspecified atom stereocenters. The number of sulfone groups is 1. The number of carbonyl (C=O) groups excluding carboxylic acids is 1. The molecule has 4 heteroatoms. The lowest BCUT2D eigenvalue weighted by Crippen LogP contribution is -2.33. The first-order chi connectivity index (χ1) is 5.20. The molecule has 0 bridgehead atoms. The van der Waals surface area contributed by atoms with E-state index >= 15 is 0 Å². The summed E-state index contributed by atoms with van der Waals surface area (Å²) in [6.45, 7) is 5.00. The molecule has 0 saturated heterocycles. The highest BCUT2D eigenvalue weighted by Gasteiger charge is 2.31. The molecule has 0 amide bonds. The highest BCUT2D eigenvalue weighted by Crippen LogP contribution is 2.23. The fraction of sp³-hybridized carbons (Fsp3) is 0.875. The van der Waals surface area contributed by atoms with Crippen molar-refractivity contribution in [1.29, 1.82) is 0 Å². The van der Waals surface area contributed by atoms with Crippen molar-refractivity contribution in [2.75, 3.05) is 6.26 Å². The van der Waals surface area contributed by atoms with Crippen LogP contribution in [-0.2, 0) is 14.6 Å². The maximum absolute atomic E-state index is 11.2. The van der Waals surface area contributed by atoms with Crippen molar-refractivity contribution in [3.05, 3.63) is 0 Å². The summed E-state index contributed by atoms with van der Waals surface area (Å²) in [6.07, 6.45) is 2.37. The molecule has 0 aliphatic rings. The Morgan fingerprint density at radius 2 is 1.83 bits per heavy atom. The molecule has 3 nitrogen and oxygen atoms in total. The van der Waals surface area contributed by atoms with E-state index in [2.05, 4.69) is 0 Å². The third kappa shape index (κ3) is 2.93. The van der Waals surface area contributed by atoms with Crippen molar-refractivity contribution >= 4 is 16.1 Å². The Morgan fingerprint density at radius 1 is 1.42 bits per heavy atom. The molecular weight excluding hydrogens is 176 g/mol. The summed E-state index contributed by atoms with van der Waals surface area (Å²) < 4.78 is 21.6. The fourth-order valence-corrected chi connectivity index (χ4v) is 1.54. The van der Waals surface area contributed by atoms with Gasteiger partial charge >= 0.3 is 0 Å². The SMILES string of the molecule is CC(C=O)CC(C)(C)S(C)(=O)=O. The van der Waals surface area contributed by atoms with Crippen LogP contribution in [0, 0.1) is 5.92 Å². The predicted molar refractivity (Wildman–Crippen MR) is 48.8 cm³/mol. The van der Waals surface area contributed by atoms with Gasteiger partial charge in [-0.1, -0.05) is 6.92 Å². The lowest BCUT2D eigenvalue weighted by Gasteiger charge is -2.23. The van der Waals surface area contributed by atoms with Crippen molar-refractivity contribution in [3.8, 4) is 0 Å².